The zero-order chi connectivity index (χ0) is 38.5. The normalized spacial score (nSPS) is 27.6. The first-order chi connectivity index (χ1) is 25.9. The number of amides is 5. The highest BCUT2D eigenvalue weighted by Crippen LogP contribution is 2.29. The van der Waals surface area contributed by atoms with Crippen molar-refractivity contribution in [2.75, 3.05) is 11.5 Å². The molecule has 0 unspecified atom stereocenters. The molecule has 3 aromatic rings. The van der Waals surface area contributed by atoms with Crippen LogP contribution in [0.25, 0.3) is 0 Å². The highest BCUT2D eigenvalue weighted by Gasteiger charge is 2.39. The van der Waals surface area contributed by atoms with Gasteiger partial charge in [0.25, 0.3) is 11.8 Å². The molecule has 0 saturated carbocycles. The second-order valence-electron chi connectivity index (χ2n) is 13.7. The second kappa shape index (κ2) is 17.6. The van der Waals surface area contributed by atoms with Crippen LogP contribution in [0.2, 0.25) is 0 Å². The third-order valence-electron chi connectivity index (χ3n) is 8.85. The van der Waals surface area contributed by atoms with Gasteiger partial charge in [-0.15, -0.1) is 22.7 Å². The molecule has 0 radical (unpaired) electrons. The van der Waals surface area contributed by atoms with Gasteiger partial charge in [-0.1, -0.05) is 65.8 Å². The average molecular weight is 815 g/mol. The van der Waals surface area contributed by atoms with Crippen LogP contribution in [0.15, 0.2) is 46.1 Å². The Morgan fingerprint density at radius 3 is 2.00 bits per heavy atom. The van der Waals surface area contributed by atoms with Crippen LogP contribution in [0.4, 0.5) is 0 Å². The van der Waals surface area contributed by atoms with Crippen LogP contribution in [0.3, 0.4) is 0 Å². The number of nitrogens with one attached hydrogen (secondary N) is 5. The van der Waals surface area contributed by atoms with Gasteiger partial charge in [-0.3, -0.25) is 24.0 Å². The van der Waals surface area contributed by atoms with E-state index in [9.17, 15) is 29.1 Å². The number of rotatable bonds is 5. The fraction of sp³-hybridized carbons (Fsp3) is 0.486. The van der Waals surface area contributed by atoms with Crippen molar-refractivity contribution in [3.63, 3.8) is 0 Å². The maximum absolute atomic E-state index is 13.9. The summed E-state index contributed by atoms with van der Waals surface area (Å²) in [4.78, 5) is 82.8. The maximum Gasteiger partial charge on any atom is 0.271 e. The largest absolute Gasteiger partial charge is 0.474 e. The number of ether oxygens (including phenoxy) is 1. The minimum atomic E-state index is -1.39. The van der Waals surface area contributed by atoms with Crippen LogP contribution in [-0.2, 0) is 25.5 Å². The van der Waals surface area contributed by atoms with Crippen LogP contribution in [0.5, 0.6) is 0 Å². The van der Waals surface area contributed by atoms with Crippen LogP contribution < -0.4 is 26.6 Å². The van der Waals surface area contributed by atoms with Crippen molar-refractivity contribution in [2.45, 2.75) is 89.0 Å². The fourth-order valence-electron chi connectivity index (χ4n) is 6.05. The molecule has 2 aromatic heterocycles. The molecule has 0 spiro atoms. The minimum absolute atomic E-state index is 0.0438. The highest BCUT2D eigenvalue weighted by atomic mass is 33.1. The third-order valence-corrected chi connectivity index (χ3v) is 13.2. The Morgan fingerprint density at radius 2 is 1.37 bits per heavy atom. The number of thiazole rings is 2. The number of carbonyl (C=O) groups excluding carboxylic acids is 5. The van der Waals surface area contributed by atoms with Gasteiger partial charge < -0.3 is 36.4 Å². The molecule has 54 heavy (non-hydrogen) atoms. The smallest absolute Gasteiger partial charge is 0.271 e. The molecule has 0 aliphatic carbocycles. The Bertz CT molecular complexity index is 1890. The van der Waals surface area contributed by atoms with E-state index in [1.807, 2.05) is 44.2 Å². The van der Waals surface area contributed by atoms with Crippen LogP contribution in [-0.4, -0.2) is 98.4 Å². The zero-order valence-electron chi connectivity index (χ0n) is 29.9. The molecule has 288 valence electrons. The van der Waals surface area contributed by atoms with Gasteiger partial charge in [-0.25, -0.2) is 15.0 Å². The molecule has 1 aromatic carbocycles. The number of nitrogens with zero attached hydrogens (tertiary/aromatic N) is 3. The number of fused-ring (bicyclic) bond motifs is 11. The molecule has 8 atom stereocenters. The molecule has 3 aliphatic heterocycles. The van der Waals surface area contributed by atoms with Crippen molar-refractivity contribution in [3.8, 4) is 0 Å². The standard InChI is InChI=1S/C35H42N8O7S4/c1-16(2)10-20-34-40-22(12-51-34)28(45)38-24-14-53-54-15-25(33-43-27(18(4)50-33)32(49)36-20)39-29(46)23-13-52-35(41-23)21(11-19-8-6-5-7-9-19)37-31(48)26(17(3)44)42-30(24)47/h5-9,12-13,16-18,20-21,24-27,44H,10-11,14-15H2,1-4H3,(H,36,49)(H,37,48)(H,38,45)(H,39,46)(H,42,47)/t17-,18-,20-,21-,24+,25+,26+,27+/m1/s1. The van der Waals surface area contributed by atoms with E-state index in [0.717, 1.165) is 5.56 Å². The summed E-state index contributed by atoms with van der Waals surface area (Å²) in [6.07, 6.45) is -1.12. The monoisotopic (exact) mass is 814 g/mol. The van der Waals surface area contributed by atoms with Gasteiger partial charge in [0.2, 0.25) is 23.6 Å². The number of aliphatic imine (C=N–C) groups is 1. The number of benzene rings is 1. The maximum atomic E-state index is 13.9. The first-order valence-corrected chi connectivity index (χ1v) is 21.8. The quantitative estimate of drug-likeness (QED) is 0.206. The van der Waals surface area contributed by atoms with Crippen molar-refractivity contribution in [1.29, 1.82) is 0 Å². The topological polar surface area (TPSA) is 213 Å². The number of aromatic nitrogens is 2. The lowest BCUT2D eigenvalue weighted by atomic mass is 10.0. The molecule has 3 aliphatic rings. The first kappa shape index (κ1) is 39.6. The Balaban J connectivity index is 1.41. The summed E-state index contributed by atoms with van der Waals surface area (Å²) in [7, 11) is 2.53. The van der Waals surface area contributed by atoms with Gasteiger partial charge in [0.1, 0.15) is 45.6 Å². The Kier molecular flexibility index (Phi) is 12.9. The molecule has 5 heterocycles. The Hall–Kier alpha value is -4.04. The summed E-state index contributed by atoms with van der Waals surface area (Å²) in [5.74, 6) is -2.28. The van der Waals surface area contributed by atoms with Crippen molar-refractivity contribution in [1.82, 2.24) is 36.6 Å². The van der Waals surface area contributed by atoms with Crippen LogP contribution in [0, 0.1) is 5.92 Å². The highest BCUT2D eigenvalue weighted by molar-refractivity contribution is 8.76. The summed E-state index contributed by atoms with van der Waals surface area (Å²) in [5, 5.41) is 29.2. The minimum Gasteiger partial charge on any atom is -0.474 e. The van der Waals surface area contributed by atoms with Gasteiger partial charge in [0.05, 0.1) is 18.2 Å². The molecule has 5 amide bonds. The summed E-state index contributed by atoms with van der Waals surface area (Å²) in [5.41, 5.74) is 1.05. The fourth-order valence-corrected chi connectivity index (χ4v) is 10.1. The van der Waals surface area contributed by atoms with Crippen molar-refractivity contribution in [3.05, 3.63) is 68.1 Å². The molecule has 6 N–H and O–H groups in total. The zero-order valence-corrected chi connectivity index (χ0v) is 33.2. The molecule has 15 nitrogen and oxygen atoms in total. The van der Waals surface area contributed by atoms with E-state index in [0.29, 0.717) is 22.9 Å². The number of hydrogen-bond donors (Lipinski definition) is 6. The molecule has 0 fully saturated rings. The summed E-state index contributed by atoms with van der Waals surface area (Å²) < 4.78 is 6.14. The summed E-state index contributed by atoms with van der Waals surface area (Å²) in [6.45, 7) is 7.14. The van der Waals surface area contributed by atoms with E-state index in [1.54, 1.807) is 17.7 Å². The predicted octanol–water partition coefficient (Wildman–Crippen LogP) is 2.56. The van der Waals surface area contributed by atoms with Gasteiger partial charge in [-0.05, 0) is 38.2 Å². The molecule has 0 saturated heterocycles. The van der Waals surface area contributed by atoms with E-state index < -0.39 is 72.1 Å². The van der Waals surface area contributed by atoms with E-state index >= 15 is 0 Å². The SMILES string of the molecule is CC(C)C[C@H]1NC(=O)[C@H]2N=C(O[C@@H]2C)[C@@H]2CSSC[C@H](NC(=O)c3csc1n3)C(=O)N[C@@H]([C@@H](C)O)C(=O)N[C@H](Cc1ccccc1)c1nc(cs1)C(=O)N2. The predicted molar refractivity (Wildman–Crippen MR) is 208 cm³/mol. The van der Waals surface area contributed by atoms with E-state index in [-0.39, 0.29) is 40.6 Å². The number of aliphatic hydroxyl groups excluding tert-OH is 1. The van der Waals surface area contributed by atoms with Crippen molar-refractivity contribution < 1.29 is 33.8 Å². The van der Waals surface area contributed by atoms with E-state index in [2.05, 4.69) is 41.5 Å². The van der Waals surface area contributed by atoms with Crippen LogP contribution in [0.1, 0.15) is 82.8 Å². The molecular formula is C35H42N8O7S4. The lowest BCUT2D eigenvalue weighted by Crippen LogP contribution is -2.58. The lowest BCUT2D eigenvalue weighted by molar-refractivity contribution is -0.132. The first-order valence-electron chi connectivity index (χ1n) is 17.5. The van der Waals surface area contributed by atoms with Gasteiger partial charge in [-0.2, -0.15) is 0 Å². The van der Waals surface area contributed by atoms with Crippen molar-refractivity contribution in [2.24, 2.45) is 10.9 Å². The average Bonchev–Trinajstić information content (AvgIpc) is 3.90. The third kappa shape index (κ3) is 9.60. The Labute approximate surface area is 328 Å². The summed E-state index contributed by atoms with van der Waals surface area (Å²) in [6, 6.07) is 3.86. The van der Waals surface area contributed by atoms with E-state index in [4.69, 9.17) is 4.74 Å². The van der Waals surface area contributed by atoms with Crippen molar-refractivity contribution >= 4 is 79.7 Å². The van der Waals surface area contributed by atoms with Gasteiger partial charge in [0.15, 0.2) is 6.04 Å². The van der Waals surface area contributed by atoms with Crippen LogP contribution >= 0.6 is 44.3 Å². The molecule has 6 rings (SSSR count). The van der Waals surface area contributed by atoms with E-state index in [1.165, 1.54) is 51.2 Å². The molecule has 8 bridgehead atoms. The Morgan fingerprint density at radius 1 is 0.778 bits per heavy atom. The molecular weight excluding hydrogens is 773 g/mol. The summed E-state index contributed by atoms with van der Waals surface area (Å²) >= 11 is 2.39. The van der Waals surface area contributed by atoms with Gasteiger partial charge >= 0.3 is 0 Å². The number of carbonyl (C=O) groups is 5. The van der Waals surface area contributed by atoms with Gasteiger partial charge in [0, 0.05) is 22.3 Å². The molecule has 19 heteroatoms. The second-order valence-corrected chi connectivity index (χ2v) is 18.0. The number of aliphatic hydroxyl groups is 1. The lowest BCUT2D eigenvalue weighted by Gasteiger charge is -2.26. The number of hydrogen-bond acceptors (Lipinski definition) is 14.